The quantitative estimate of drug-likeness (QED) is 0.915. The van der Waals surface area contributed by atoms with Crippen LogP contribution in [-0.4, -0.2) is 24.0 Å². The number of hydrogen-bond donors (Lipinski definition) is 1. The third-order valence-electron chi connectivity index (χ3n) is 4.53. The number of nitrogens with one attached hydrogen (secondary N) is 1. The van der Waals surface area contributed by atoms with Crippen LogP contribution in [0.4, 0.5) is 5.69 Å². The topological polar surface area (TPSA) is 45.2 Å². The SMILES string of the molecule is CC1CCN(c2ccc(C(=O)NCc3ccccc3Cl)nc2)CC1. The van der Waals surface area contributed by atoms with E-state index in [2.05, 4.69) is 22.1 Å². The van der Waals surface area contributed by atoms with E-state index in [-0.39, 0.29) is 5.91 Å². The molecule has 0 spiro atoms. The largest absolute Gasteiger partial charge is 0.370 e. The van der Waals surface area contributed by atoms with Crippen molar-refractivity contribution in [2.24, 2.45) is 5.92 Å². The number of halogens is 1. The highest BCUT2D eigenvalue weighted by molar-refractivity contribution is 6.31. The third kappa shape index (κ3) is 4.06. The zero-order chi connectivity index (χ0) is 16.9. The van der Waals surface area contributed by atoms with Crippen LogP contribution in [0.25, 0.3) is 0 Å². The zero-order valence-corrected chi connectivity index (χ0v) is 14.6. The molecular weight excluding hydrogens is 322 g/mol. The van der Waals surface area contributed by atoms with Crippen LogP contribution in [0.3, 0.4) is 0 Å². The van der Waals surface area contributed by atoms with E-state index >= 15 is 0 Å². The number of piperidine rings is 1. The number of carbonyl (C=O) groups is 1. The Morgan fingerprint density at radius 3 is 2.67 bits per heavy atom. The van der Waals surface area contributed by atoms with Gasteiger partial charge in [-0.25, -0.2) is 4.98 Å². The highest BCUT2D eigenvalue weighted by Crippen LogP contribution is 2.22. The van der Waals surface area contributed by atoms with Crippen LogP contribution in [0.5, 0.6) is 0 Å². The van der Waals surface area contributed by atoms with Gasteiger partial charge in [-0.05, 0) is 42.5 Å². The van der Waals surface area contributed by atoms with Crippen LogP contribution in [0, 0.1) is 5.92 Å². The van der Waals surface area contributed by atoms with E-state index in [1.165, 1.54) is 12.8 Å². The number of anilines is 1. The van der Waals surface area contributed by atoms with E-state index < -0.39 is 0 Å². The minimum absolute atomic E-state index is 0.186. The van der Waals surface area contributed by atoms with Crippen molar-refractivity contribution in [3.8, 4) is 0 Å². The second kappa shape index (κ2) is 7.67. The summed E-state index contributed by atoms with van der Waals surface area (Å²) >= 11 is 6.10. The Morgan fingerprint density at radius 2 is 2.00 bits per heavy atom. The number of rotatable bonds is 4. The molecule has 5 heteroatoms. The summed E-state index contributed by atoms with van der Waals surface area (Å²) < 4.78 is 0. The number of amides is 1. The number of benzene rings is 1. The van der Waals surface area contributed by atoms with Gasteiger partial charge in [0.15, 0.2) is 0 Å². The molecule has 2 heterocycles. The second-order valence-corrected chi connectivity index (χ2v) is 6.75. The van der Waals surface area contributed by atoms with Crippen LogP contribution < -0.4 is 10.2 Å². The Labute approximate surface area is 147 Å². The molecule has 2 aromatic rings. The molecule has 126 valence electrons. The van der Waals surface area contributed by atoms with Crippen molar-refractivity contribution in [3.63, 3.8) is 0 Å². The molecule has 1 N–H and O–H groups in total. The molecule has 0 atom stereocenters. The first-order valence-electron chi connectivity index (χ1n) is 8.36. The van der Waals surface area contributed by atoms with Crippen LogP contribution in [-0.2, 0) is 6.54 Å². The van der Waals surface area contributed by atoms with E-state index in [1.54, 1.807) is 12.3 Å². The summed E-state index contributed by atoms with van der Waals surface area (Å²) in [6.45, 7) is 4.80. The molecule has 0 aliphatic carbocycles. The van der Waals surface area contributed by atoms with Gasteiger partial charge in [-0.15, -0.1) is 0 Å². The van der Waals surface area contributed by atoms with E-state index in [9.17, 15) is 4.79 Å². The van der Waals surface area contributed by atoms with E-state index in [0.29, 0.717) is 17.3 Å². The number of nitrogens with zero attached hydrogens (tertiary/aromatic N) is 2. The van der Waals surface area contributed by atoms with Crippen molar-refractivity contribution in [1.82, 2.24) is 10.3 Å². The highest BCUT2D eigenvalue weighted by Gasteiger charge is 2.16. The first kappa shape index (κ1) is 16.8. The van der Waals surface area contributed by atoms with Gasteiger partial charge in [0.2, 0.25) is 0 Å². The number of carbonyl (C=O) groups excluding carboxylic acids is 1. The van der Waals surface area contributed by atoms with Gasteiger partial charge >= 0.3 is 0 Å². The molecule has 0 saturated carbocycles. The molecule has 1 fully saturated rings. The minimum Gasteiger partial charge on any atom is -0.370 e. The summed E-state index contributed by atoms with van der Waals surface area (Å²) in [6.07, 6.45) is 4.21. The molecule has 0 bridgehead atoms. The predicted octanol–water partition coefficient (Wildman–Crippen LogP) is 3.90. The average Bonchev–Trinajstić information content (AvgIpc) is 2.62. The fourth-order valence-electron chi connectivity index (χ4n) is 2.88. The lowest BCUT2D eigenvalue weighted by molar-refractivity contribution is 0.0946. The van der Waals surface area contributed by atoms with Gasteiger partial charge in [0, 0.05) is 24.7 Å². The lowest BCUT2D eigenvalue weighted by Gasteiger charge is -2.31. The predicted molar refractivity (Wildman–Crippen MR) is 97.5 cm³/mol. The van der Waals surface area contributed by atoms with Crippen molar-refractivity contribution in [2.75, 3.05) is 18.0 Å². The first-order chi connectivity index (χ1) is 11.6. The normalized spacial score (nSPS) is 15.3. The zero-order valence-electron chi connectivity index (χ0n) is 13.8. The average molecular weight is 344 g/mol. The fourth-order valence-corrected chi connectivity index (χ4v) is 3.08. The fraction of sp³-hybridized carbons (Fsp3) is 0.368. The Kier molecular flexibility index (Phi) is 5.36. The molecular formula is C19H22ClN3O. The van der Waals surface area contributed by atoms with Crippen molar-refractivity contribution in [3.05, 3.63) is 58.9 Å². The molecule has 1 amide bonds. The summed E-state index contributed by atoms with van der Waals surface area (Å²) in [7, 11) is 0. The van der Waals surface area contributed by atoms with Gasteiger partial charge in [0.05, 0.1) is 11.9 Å². The van der Waals surface area contributed by atoms with Gasteiger partial charge < -0.3 is 10.2 Å². The Balaban J connectivity index is 1.59. The van der Waals surface area contributed by atoms with Crippen molar-refractivity contribution < 1.29 is 4.79 Å². The number of hydrogen-bond acceptors (Lipinski definition) is 3. The first-order valence-corrected chi connectivity index (χ1v) is 8.74. The van der Waals surface area contributed by atoms with Gasteiger partial charge in [-0.1, -0.05) is 36.7 Å². The van der Waals surface area contributed by atoms with E-state index in [1.807, 2.05) is 30.3 Å². The van der Waals surface area contributed by atoms with Crippen molar-refractivity contribution in [1.29, 1.82) is 0 Å². The van der Waals surface area contributed by atoms with Crippen molar-refractivity contribution in [2.45, 2.75) is 26.3 Å². The molecule has 4 nitrogen and oxygen atoms in total. The molecule has 1 aliphatic rings. The van der Waals surface area contributed by atoms with Crippen LogP contribution in [0.15, 0.2) is 42.6 Å². The summed E-state index contributed by atoms with van der Waals surface area (Å²) in [5, 5.41) is 3.51. The van der Waals surface area contributed by atoms with Crippen LogP contribution in [0.2, 0.25) is 5.02 Å². The summed E-state index contributed by atoms with van der Waals surface area (Å²) in [5.41, 5.74) is 2.41. The lowest BCUT2D eigenvalue weighted by atomic mass is 9.99. The minimum atomic E-state index is -0.186. The summed E-state index contributed by atoms with van der Waals surface area (Å²) in [4.78, 5) is 18.9. The number of pyridine rings is 1. The van der Waals surface area contributed by atoms with Crippen LogP contribution in [0.1, 0.15) is 35.8 Å². The lowest BCUT2D eigenvalue weighted by Crippen LogP contribution is -2.33. The third-order valence-corrected chi connectivity index (χ3v) is 4.90. The Hall–Kier alpha value is -2.07. The molecule has 1 aliphatic heterocycles. The van der Waals surface area contributed by atoms with Crippen LogP contribution >= 0.6 is 11.6 Å². The Bertz CT molecular complexity index is 694. The molecule has 0 radical (unpaired) electrons. The molecule has 1 aromatic carbocycles. The van der Waals surface area contributed by atoms with Gasteiger partial charge in [0.1, 0.15) is 5.69 Å². The summed E-state index contributed by atoms with van der Waals surface area (Å²) in [6, 6.07) is 11.3. The van der Waals surface area contributed by atoms with E-state index in [4.69, 9.17) is 11.6 Å². The maximum atomic E-state index is 12.2. The van der Waals surface area contributed by atoms with Crippen molar-refractivity contribution >= 4 is 23.2 Å². The van der Waals surface area contributed by atoms with Gasteiger partial charge in [-0.3, -0.25) is 4.79 Å². The maximum absolute atomic E-state index is 12.2. The molecule has 24 heavy (non-hydrogen) atoms. The van der Waals surface area contributed by atoms with E-state index in [0.717, 1.165) is 30.3 Å². The molecule has 1 aromatic heterocycles. The standard InChI is InChI=1S/C19H22ClN3O/c1-14-8-10-23(11-9-14)16-6-7-18(21-13-16)19(24)22-12-15-4-2-3-5-17(15)20/h2-7,13-14H,8-12H2,1H3,(H,22,24). The summed E-state index contributed by atoms with van der Waals surface area (Å²) in [5.74, 6) is 0.609. The highest BCUT2D eigenvalue weighted by atomic mass is 35.5. The maximum Gasteiger partial charge on any atom is 0.270 e. The molecule has 1 saturated heterocycles. The molecule has 0 unspecified atom stereocenters. The monoisotopic (exact) mass is 343 g/mol. The van der Waals surface area contributed by atoms with Gasteiger partial charge in [-0.2, -0.15) is 0 Å². The smallest absolute Gasteiger partial charge is 0.270 e. The molecule has 3 rings (SSSR count). The number of aromatic nitrogens is 1. The second-order valence-electron chi connectivity index (χ2n) is 6.35. The van der Waals surface area contributed by atoms with Gasteiger partial charge in [0.25, 0.3) is 5.91 Å². The Morgan fingerprint density at radius 1 is 1.25 bits per heavy atom.